The standard InChI is InChI=1S/C18H15F6NO3S/c1-16(27,10-29-14-4-2-3-13(9-14)28-18(22,23)24)15(26)25-12-7-5-11(6-8-12)17(19,20)21/h2-9,27H,10H2,1H3,(H,25,26). The van der Waals surface area contributed by atoms with Crippen molar-refractivity contribution < 1.29 is 41.0 Å². The molecule has 0 saturated heterocycles. The number of amides is 1. The second kappa shape index (κ2) is 8.54. The number of alkyl halides is 6. The molecule has 1 atom stereocenters. The molecule has 11 heteroatoms. The molecule has 0 radical (unpaired) electrons. The third-order valence-corrected chi connectivity index (χ3v) is 4.81. The Balaban J connectivity index is 1.98. The molecule has 0 aromatic heterocycles. The van der Waals surface area contributed by atoms with Crippen LogP contribution in [0.5, 0.6) is 5.75 Å². The van der Waals surface area contributed by atoms with Gasteiger partial charge in [-0.15, -0.1) is 24.9 Å². The van der Waals surface area contributed by atoms with Gasteiger partial charge in [-0.3, -0.25) is 4.79 Å². The molecule has 2 rings (SSSR count). The summed E-state index contributed by atoms with van der Waals surface area (Å²) in [7, 11) is 0. The Morgan fingerprint density at radius 3 is 2.24 bits per heavy atom. The Hall–Kier alpha value is -2.40. The van der Waals surface area contributed by atoms with E-state index in [0.717, 1.165) is 48.2 Å². The number of anilines is 1. The van der Waals surface area contributed by atoms with Gasteiger partial charge in [-0.05, 0) is 49.4 Å². The number of nitrogens with one attached hydrogen (secondary N) is 1. The number of aliphatic hydroxyl groups is 1. The molecule has 2 N–H and O–H groups in total. The lowest BCUT2D eigenvalue weighted by molar-refractivity contribution is -0.274. The fourth-order valence-electron chi connectivity index (χ4n) is 2.06. The number of carbonyl (C=O) groups excluding carboxylic acids is 1. The highest BCUT2D eigenvalue weighted by molar-refractivity contribution is 7.99. The molecule has 158 valence electrons. The van der Waals surface area contributed by atoms with Crippen LogP contribution >= 0.6 is 11.8 Å². The summed E-state index contributed by atoms with van der Waals surface area (Å²) in [5.41, 5.74) is -2.79. The molecule has 0 heterocycles. The van der Waals surface area contributed by atoms with Gasteiger partial charge in [0.15, 0.2) is 0 Å². The van der Waals surface area contributed by atoms with Gasteiger partial charge in [0, 0.05) is 16.3 Å². The number of thioether (sulfide) groups is 1. The second-order valence-corrected chi connectivity index (χ2v) is 7.16. The smallest absolute Gasteiger partial charge is 0.406 e. The molecule has 1 unspecified atom stereocenters. The third-order valence-electron chi connectivity index (χ3n) is 3.52. The van der Waals surface area contributed by atoms with E-state index in [2.05, 4.69) is 10.1 Å². The predicted molar refractivity (Wildman–Crippen MR) is 94.5 cm³/mol. The van der Waals surface area contributed by atoms with Crippen LogP contribution in [0.1, 0.15) is 12.5 Å². The van der Waals surface area contributed by atoms with Gasteiger partial charge >= 0.3 is 12.5 Å². The Kier molecular flexibility index (Phi) is 6.74. The van der Waals surface area contributed by atoms with Crippen LogP contribution in [0.15, 0.2) is 53.4 Å². The Bertz CT molecular complexity index is 850. The van der Waals surface area contributed by atoms with Crippen molar-refractivity contribution in [1.82, 2.24) is 0 Å². The van der Waals surface area contributed by atoms with Crippen LogP contribution in [-0.4, -0.2) is 28.7 Å². The maximum atomic E-state index is 12.6. The molecule has 2 aromatic carbocycles. The van der Waals surface area contributed by atoms with Crippen LogP contribution in [0.2, 0.25) is 0 Å². The van der Waals surface area contributed by atoms with E-state index < -0.39 is 35.4 Å². The lowest BCUT2D eigenvalue weighted by Crippen LogP contribution is -2.42. The van der Waals surface area contributed by atoms with Gasteiger partial charge in [0.1, 0.15) is 11.4 Å². The van der Waals surface area contributed by atoms with Crippen LogP contribution in [-0.2, 0) is 11.0 Å². The average Bonchev–Trinajstić information content (AvgIpc) is 2.58. The molecule has 0 aliphatic rings. The monoisotopic (exact) mass is 439 g/mol. The number of hydrogen-bond donors (Lipinski definition) is 2. The molecule has 0 fully saturated rings. The van der Waals surface area contributed by atoms with Crippen molar-refractivity contribution in [2.75, 3.05) is 11.1 Å². The van der Waals surface area contributed by atoms with E-state index >= 15 is 0 Å². The zero-order chi connectivity index (χ0) is 21.9. The fourth-order valence-corrected chi connectivity index (χ4v) is 3.01. The van der Waals surface area contributed by atoms with Crippen molar-refractivity contribution in [2.45, 2.75) is 30.0 Å². The number of benzene rings is 2. The minimum absolute atomic E-state index is 0.0499. The van der Waals surface area contributed by atoms with E-state index in [1.54, 1.807) is 0 Å². The first-order valence-electron chi connectivity index (χ1n) is 7.96. The Labute approximate surface area is 165 Å². The summed E-state index contributed by atoms with van der Waals surface area (Å²) in [4.78, 5) is 12.5. The maximum Gasteiger partial charge on any atom is 0.573 e. The highest BCUT2D eigenvalue weighted by atomic mass is 32.2. The lowest BCUT2D eigenvalue weighted by Gasteiger charge is -2.22. The topological polar surface area (TPSA) is 58.6 Å². The van der Waals surface area contributed by atoms with Crippen LogP contribution in [0.3, 0.4) is 0 Å². The second-order valence-electron chi connectivity index (χ2n) is 6.11. The summed E-state index contributed by atoms with van der Waals surface area (Å²) in [5.74, 6) is -1.56. The summed E-state index contributed by atoms with van der Waals surface area (Å²) in [5, 5.41) is 12.6. The average molecular weight is 439 g/mol. The first-order valence-corrected chi connectivity index (χ1v) is 8.94. The molecule has 0 saturated carbocycles. The van der Waals surface area contributed by atoms with Crippen molar-refractivity contribution in [3.05, 3.63) is 54.1 Å². The van der Waals surface area contributed by atoms with Gasteiger partial charge in [-0.1, -0.05) is 6.07 Å². The van der Waals surface area contributed by atoms with Gasteiger partial charge in [0.2, 0.25) is 0 Å². The third kappa shape index (κ3) is 7.17. The minimum atomic E-state index is -4.85. The van der Waals surface area contributed by atoms with Gasteiger partial charge in [0.25, 0.3) is 5.91 Å². The molecular weight excluding hydrogens is 424 g/mol. The van der Waals surface area contributed by atoms with E-state index in [1.165, 1.54) is 19.1 Å². The Morgan fingerprint density at radius 1 is 1.07 bits per heavy atom. The van der Waals surface area contributed by atoms with E-state index in [-0.39, 0.29) is 11.4 Å². The minimum Gasteiger partial charge on any atom is -0.406 e. The van der Waals surface area contributed by atoms with E-state index in [1.807, 2.05) is 0 Å². The van der Waals surface area contributed by atoms with Crippen LogP contribution in [0, 0.1) is 0 Å². The molecule has 0 spiro atoms. The highest BCUT2D eigenvalue weighted by Crippen LogP contribution is 2.31. The molecule has 0 bridgehead atoms. The van der Waals surface area contributed by atoms with Crippen LogP contribution < -0.4 is 10.1 Å². The zero-order valence-electron chi connectivity index (χ0n) is 14.8. The largest absolute Gasteiger partial charge is 0.573 e. The Morgan fingerprint density at radius 2 is 1.69 bits per heavy atom. The molecular formula is C18H15F6NO3S. The van der Waals surface area contributed by atoms with Crippen molar-refractivity contribution in [3.63, 3.8) is 0 Å². The van der Waals surface area contributed by atoms with E-state index in [0.29, 0.717) is 4.90 Å². The van der Waals surface area contributed by atoms with Crippen molar-refractivity contribution in [1.29, 1.82) is 0 Å². The van der Waals surface area contributed by atoms with Gasteiger partial charge in [0.05, 0.1) is 5.56 Å². The SMILES string of the molecule is CC(O)(CSc1cccc(OC(F)(F)F)c1)C(=O)Nc1ccc(C(F)(F)F)cc1. The summed E-state index contributed by atoms with van der Waals surface area (Å²) in [6, 6.07) is 8.65. The van der Waals surface area contributed by atoms with Crippen LogP contribution in [0.25, 0.3) is 0 Å². The summed E-state index contributed by atoms with van der Waals surface area (Å²) < 4.78 is 78.3. The zero-order valence-corrected chi connectivity index (χ0v) is 15.6. The number of halogens is 6. The van der Waals surface area contributed by atoms with Crippen molar-refractivity contribution >= 4 is 23.4 Å². The number of hydrogen-bond acceptors (Lipinski definition) is 4. The predicted octanol–water partition coefficient (Wildman–Crippen LogP) is 5.09. The molecule has 29 heavy (non-hydrogen) atoms. The number of rotatable bonds is 6. The van der Waals surface area contributed by atoms with Crippen LogP contribution in [0.4, 0.5) is 32.0 Å². The number of carbonyl (C=O) groups is 1. The summed E-state index contributed by atoms with van der Waals surface area (Å²) in [6.07, 6.45) is -9.37. The molecule has 0 aliphatic heterocycles. The lowest BCUT2D eigenvalue weighted by atomic mass is 10.1. The molecule has 0 aliphatic carbocycles. The molecule has 1 amide bonds. The van der Waals surface area contributed by atoms with Gasteiger partial charge < -0.3 is 15.2 Å². The quantitative estimate of drug-likeness (QED) is 0.487. The van der Waals surface area contributed by atoms with Crippen molar-refractivity contribution in [2.24, 2.45) is 0 Å². The van der Waals surface area contributed by atoms with E-state index in [4.69, 9.17) is 0 Å². The first kappa shape index (κ1) is 22.9. The van der Waals surface area contributed by atoms with Gasteiger partial charge in [-0.2, -0.15) is 13.2 Å². The normalized spacial score (nSPS) is 14.2. The molecule has 2 aromatic rings. The van der Waals surface area contributed by atoms with E-state index in [9.17, 15) is 36.2 Å². The number of ether oxygens (including phenoxy) is 1. The van der Waals surface area contributed by atoms with Gasteiger partial charge in [-0.25, -0.2) is 0 Å². The first-order chi connectivity index (χ1) is 13.3. The highest BCUT2D eigenvalue weighted by Gasteiger charge is 2.33. The van der Waals surface area contributed by atoms with Crippen molar-refractivity contribution in [3.8, 4) is 5.75 Å². The maximum absolute atomic E-state index is 12.6. The fraction of sp³-hybridized carbons (Fsp3) is 0.278. The summed E-state index contributed by atoms with van der Waals surface area (Å²) in [6.45, 7) is 1.18. The molecule has 4 nitrogen and oxygen atoms in total. The summed E-state index contributed by atoms with van der Waals surface area (Å²) >= 11 is 0.905.